The molecule has 1 N–H and O–H groups in total. The molecule has 0 saturated carbocycles. The monoisotopic (exact) mass is 349 g/mol. The number of aromatic nitrogens is 1. The van der Waals surface area contributed by atoms with E-state index < -0.39 is 0 Å². The highest BCUT2D eigenvalue weighted by molar-refractivity contribution is 6.08. The van der Waals surface area contributed by atoms with Gasteiger partial charge in [0.2, 0.25) is 0 Å². The number of rotatable bonds is 6. The predicted octanol–water partition coefficient (Wildman–Crippen LogP) is 3.83. The van der Waals surface area contributed by atoms with Crippen molar-refractivity contribution >= 4 is 22.8 Å². The molecule has 5 nitrogen and oxygen atoms in total. The molecule has 0 bridgehead atoms. The molecule has 3 aromatic rings. The molecular formula is C21H19NO4. The minimum absolute atomic E-state index is 0.223. The largest absolute Gasteiger partial charge is 0.497 e. The van der Waals surface area contributed by atoms with E-state index in [1.54, 1.807) is 43.5 Å². The van der Waals surface area contributed by atoms with Crippen LogP contribution in [0.25, 0.3) is 17.0 Å². The fourth-order valence-corrected chi connectivity index (χ4v) is 2.66. The van der Waals surface area contributed by atoms with E-state index in [4.69, 9.17) is 9.47 Å². The first-order valence-electron chi connectivity index (χ1n) is 8.27. The van der Waals surface area contributed by atoms with Gasteiger partial charge in [-0.05, 0) is 55.5 Å². The van der Waals surface area contributed by atoms with E-state index in [1.165, 1.54) is 12.2 Å². The van der Waals surface area contributed by atoms with Crippen LogP contribution in [-0.2, 0) is 0 Å². The van der Waals surface area contributed by atoms with E-state index in [0.717, 1.165) is 5.39 Å². The number of ether oxygens (including phenoxy) is 2. The first-order chi connectivity index (χ1) is 12.6. The highest BCUT2D eigenvalue weighted by atomic mass is 16.5. The smallest absolute Gasteiger partial charge is 0.255 e. The Morgan fingerprint density at radius 2 is 1.96 bits per heavy atom. The second-order valence-corrected chi connectivity index (χ2v) is 5.63. The van der Waals surface area contributed by atoms with Gasteiger partial charge in [-0.2, -0.15) is 0 Å². The van der Waals surface area contributed by atoms with Gasteiger partial charge < -0.3 is 14.5 Å². The molecule has 0 saturated heterocycles. The fourth-order valence-electron chi connectivity index (χ4n) is 2.66. The normalized spacial score (nSPS) is 11.0. The van der Waals surface area contributed by atoms with Crippen LogP contribution in [-0.4, -0.2) is 24.5 Å². The third kappa shape index (κ3) is 3.67. The molecule has 0 atom stereocenters. The molecule has 0 spiro atoms. The number of ketones is 1. The number of hydrogen-bond acceptors (Lipinski definition) is 4. The Morgan fingerprint density at radius 3 is 2.73 bits per heavy atom. The molecule has 0 amide bonds. The van der Waals surface area contributed by atoms with Gasteiger partial charge in [0.1, 0.15) is 11.5 Å². The number of benzene rings is 2. The van der Waals surface area contributed by atoms with Crippen LogP contribution < -0.4 is 15.0 Å². The summed E-state index contributed by atoms with van der Waals surface area (Å²) in [5, 5.41) is 0.825. The SMILES string of the molecule is CCOc1ccccc1C(=O)C=Cc1cc2cc(OC)ccc2[nH]c1=O. The van der Waals surface area contributed by atoms with Gasteiger partial charge in [-0.3, -0.25) is 9.59 Å². The van der Waals surface area contributed by atoms with Gasteiger partial charge in [0.05, 0.1) is 19.3 Å². The van der Waals surface area contributed by atoms with E-state index in [-0.39, 0.29) is 11.3 Å². The van der Waals surface area contributed by atoms with Crippen LogP contribution in [0.3, 0.4) is 0 Å². The molecule has 0 radical (unpaired) electrons. The molecule has 0 aliphatic rings. The van der Waals surface area contributed by atoms with Crippen molar-refractivity contribution < 1.29 is 14.3 Å². The molecular weight excluding hydrogens is 330 g/mol. The van der Waals surface area contributed by atoms with Crippen molar-refractivity contribution in [1.29, 1.82) is 0 Å². The second kappa shape index (κ2) is 7.70. The van der Waals surface area contributed by atoms with E-state index in [1.807, 2.05) is 19.1 Å². The van der Waals surface area contributed by atoms with E-state index in [0.29, 0.717) is 34.7 Å². The zero-order valence-corrected chi connectivity index (χ0v) is 14.6. The standard InChI is InChI=1S/C21H19NO4/c1-3-26-20-7-5-4-6-17(20)19(23)11-8-14-12-15-13-16(25-2)9-10-18(15)22-21(14)24/h4-13H,3H2,1-2H3,(H,22,24). The number of carbonyl (C=O) groups excluding carboxylic acids is 1. The molecule has 1 heterocycles. The molecule has 1 aromatic heterocycles. The van der Waals surface area contributed by atoms with Gasteiger partial charge in [0.25, 0.3) is 5.56 Å². The number of H-pyrrole nitrogens is 1. The second-order valence-electron chi connectivity index (χ2n) is 5.63. The van der Waals surface area contributed by atoms with Crippen LogP contribution in [0.4, 0.5) is 0 Å². The van der Waals surface area contributed by atoms with Crippen molar-refractivity contribution in [3.8, 4) is 11.5 Å². The number of carbonyl (C=O) groups is 1. The van der Waals surface area contributed by atoms with Crippen LogP contribution in [0, 0.1) is 0 Å². The predicted molar refractivity (Wildman–Crippen MR) is 102 cm³/mol. The maximum atomic E-state index is 12.5. The first kappa shape index (κ1) is 17.5. The summed E-state index contributed by atoms with van der Waals surface area (Å²) >= 11 is 0. The third-order valence-corrected chi connectivity index (χ3v) is 3.95. The number of pyridine rings is 1. The number of nitrogens with one attached hydrogen (secondary N) is 1. The topological polar surface area (TPSA) is 68.4 Å². The van der Waals surface area contributed by atoms with E-state index in [2.05, 4.69) is 4.98 Å². The Morgan fingerprint density at radius 1 is 1.15 bits per heavy atom. The Labute approximate surface area is 150 Å². The summed E-state index contributed by atoms with van der Waals surface area (Å²) in [6, 6.07) is 14.2. The van der Waals surface area contributed by atoms with Crippen molar-refractivity contribution in [2.24, 2.45) is 0 Å². The number of methoxy groups -OCH3 is 1. The molecule has 5 heteroatoms. The maximum absolute atomic E-state index is 12.5. The summed E-state index contributed by atoms with van der Waals surface area (Å²) < 4.78 is 10.7. The lowest BCUT2D eigenvalue weighted by molar-refractivity contribution is 0.104. The molecule has 0 unspecified atom stereocenters. The summed E-state index contributed by atoms with van der Waals surface area (Å²) in [6.07, 6.45) is 2.90. The Hall–Kier alpha value is -3.34. The quantitative estimate of drug-likeness (QED) is 0.542. The molecule has 132 valence electrons. The summed E-state index contributed by atoms with van der Waals surface area (Å²) in [5.74, 6) is 1.00. The van der Waals surface area contributed by atoms with Gasteiger partial charge in [0.15, 0.2) is 5.78 Å². The summed E-state index contributed by atoms with van der Waals surface area (Å²) in [6.45, 7) is 2.33. The Bertz CT molecular complexity index is 1030. The van der Waals surface area contributed by atoms with Crippen LogP contribution in [0.15, 0.2) is 59.4 Å². The van der Waals surface area contributed by atoms with E-state index in [9.17, 15) is 9.59 Å². The maximum Gasteiger partial charge on any atom is 0.255 e. The number of para-hydroxylation sites is 1. The molecule has 3 rings (SSSR count). The number of fused-ring (bicyclic) bond motifs is 1. The van der Waals surface area contributed by atoms with Gasteiger partial charge in [-0.15, -0.1) is 0 Å². The van der Waals surface area contributed by atoms with Crippen molar-refractivity contribution in [1.82, 2.24) is 4.98 Å². The zero-order valence-electron chi connectivity index (χ0n) is 14.6. The average molecular weight is 349 g/mol. The van der Waals surface area contributed by atoms with Gasteiger partial charge >= 0.3 is 0 Å². The molecule has 0 fully saturated rings. The molecule has 0 aliphatic carbocycles. The minimum Gasteiger partial charge on any atom is -0.497 e. The first-order valence-corrected chi connectivity index (χ1v) is 8.27. The van der Waals surface area contributed by atoms with Crippen molar-refractivity contribution in [3.05, 3.63) is 76.1 Å². The van der Waals surface area contributed by atoms with Crippen molar-refractivity contribution in [3.63, 3.8) is 0 Å². The van der Waals surface area contributed by atoms with Crippen LogP contribution in [0.2, 0.25) is 0 Å². The summed E-state index contributed by atoms with van der Waals surface area (Å²) in [7, 11) is 1.59. The van der Waals surface area contributed by atoms with Crippen LogP contribution in [0.1, 0.15) is 22.8 Å². The van der Waals surface area contributed by atoms with Gasteiger partial charge in [-0.25, -0.2) is 0 Å². The number of hydrogen-bond donors (Lipinski definition) is 1. The highest BCUT2D eigenvalue weighted by Crippen LogP contribution is 2.21. The lowest BCUT2D eigenvalue weighted by Crippen LogP contribution is -2.09. The summed E-state index contributed by atoms with van der Waals surface area (Å²) in [4.78, 5) is 27.5. The van der Waals surface area contributed by atoms with Crippen molar-refractivity contribution in [2.75, 3.05) is 13.7 Å². The van der Waals surface area contributed by atoms with Crippen LogP contribution in [0.5, 0.6) is 11.5 Å². The Balaban J connectivity index is 1.94. The zero-order chi connectivity index (χ0) is 18.5. The van der Waals surface area contributed by atoms with Gasteiger partial charge in [0, 0.05) is 16.5 Å². The average Bonchev–Trinajstić information content (AvgIpc) is 2.66. The lowest BCUT2D eigenvalue weighted by atomic mass is 10.1. The number of aromatic amines is 1. The highest BCUT2D eigenvalue weighted by Gasteiger charge is 2.09. The van der Waals surface area contributed by atoms with Crippen molar-refractivity contribution in [2.45, 2.75) is 6.92 Å². The molecule has 2 aromatic carbocycles. The minimum atomic E-state index is -0.259. The fraction of sp³-hybridized carbons (Fsp3) is 0.143. The van der Waals surface area contributed by atoms with E-state index >= 15 is 0 Å². The van der Waals surface area contributed by atoms with Crippen LogP contribution >= 0.6 is 0 Å². The van der Waals surface area contributed by atoms with Gasteiger partial charge in [-0.1, -0.05) is 12.1 Å². The molecule has 26 heavy (non-hydrogen) atoms. The third-order valence-electron chi connectivity index (χ3n) is 3.95. The molecule has 0 aliphatic heterocycles. The summed E-state index contributed by atoms with van der Waals surface area (Å²) in [5.41, 5.74) is 1.31. The lowest BCUT2D eigenvalue weighted by Gasteiger charge is -2.07. The number of allylic oxidation sites excluding steroid dienone is 1. The Kier molecular flexibility index (Phi) is 5.17.